The van der Waals surface area contributed by atoms with Gasteiger partial charge in [-0.15, -0.1) is 13.2 Å². The Bertz CT molecular complexity index is 1090. The highest BCUT2D eigenvalue weighted by Crippen LogP contribution is 2.23. The smallest absolute Gasteiger partial charge is 0.406 e. The van der Waals surface area contributed by atoms with E-state index >= 15 is 0 Å². The molecule has 1 fully saturated rings. The van der Waals surface area contributed by atoms with E-state index in [2.05, 4.69) is 9.72 Å². The van der Waals surface area contributed by atoms with Gasteiger partial charge < -0.3 is 14.0 Å². The van der Waals surface area contributed by atoms with Crippen molar-refractivity contribution in [2.45, 2.75) is 6.36 Å². The minimum absolute atomic E-state index is 0.108. The molecule has 0 radical (unpaired) electrons. The molecule has 10 heteroatoms. The number of alkyl halides is 3. The molecule has 0 spiro atoms. The Morgan fingerprint density at radius 2 is 1.71 bits per heavy atom. The van der Waals surface area contributed by atoms with Gasteiger partial charge in [0.2, 0.25) is 0 Å². The minimum Gasteiger partial charge on any atom is -0.406 e. The normalized spacial score (nSPS) is 15.3. The molecule has 1 amide bonds. The van der Waals surface area contributed by atoms with Crippen LogP contribution < -0.4 is 4.74 Å². The van der Waals surface area contributed by atoms with E-state index in [4.69, 9.17) is 0 Å². The van der Waals surface area contributed by atoms with Gasteiger partial charge in [-0.1, -0.05) is 0 Å². The van der Waals surface area contributed by atoms with Gasteiger partial charge >= 0.3 is 6.36 Å². The fourth-order valence-electron chi connectivity index (χ4n) is 3.53. The van der Waals surface area contributed by atoms with Crippen molar-refractivity contribution in [3.05, 3.63) is 66.1 Å². The molecule has 1 saturated heterocycles. The second-order valence-electron chi connectivity index (χ2n) is 7.14. The van der Waals surface area contributed by atoms with Crippen LogP contribution in [-0.2, 0) is 0 Å². The number of carbonyl (C=O) groups excluding carboxylic acids is 2. The molecule has 0 saturated carbocycles. The summed E-state index contributed by atoms with van der Waals surface area (Å²) in [5, 5.41) is 0. The molecule has 7 nitrogen and oxygen atoms in total. The molecule has 3 aromatic rings. The highest BCUT2D eigenvalue weighted by atomic mass is 19.4. The van der Waals surface area contributed by atoms with Crippen LogP contribution in [0.1, 0.15) is 20.7 Å². The summed E-state index contributed by atoms with van der Waals surface area (Å²) in [6, 6.07) is 8.40. The number of nitrogens with zero attached hydrogens (tertiary/aromatic N) is 4. The third kappa shape index (κ3) is 4.85. The maximum atomic E-state index is 12.9. The molecule has 3 heterocycles. The molecule has 0 atom stereocenters. The number of pyridine rings is 1. The summed E-state index contributed by atoms with van der Waals surface area (Å²) in [7, 11) is 0. The lowest BCUT2D eigenvalue weighted by atomic mass is 10.1. The summed E-state index contributed by atoms with van der Waals surface area (Å²) in [5.41, 5.74) is 1.43. The first-order chi connectivity index (χ1) is 14.8. The molecular formula is C21H19F3N4O3. The van der Waals surface area contributed by atoms with Crippen LogP contribution in [0.5, 0.6) is 5.75 Å². The highest BCUT2D eigenvalue weighted by molar-refractivity contribution is 6.00. The molecule has 4 rings (SSSR count). The zero-order chi connectivity index (χ0) is 22.0. The molecular weight excluding hydrogens is 413 g/mol. The van der Waals surface area contributed by atoms with Crippen LogP contribution in [0.4, 0.5) is 13.2 Å². The quantitative estimate of drug-likeness (QED) is 0.580. The molecule has 31 heavy (non-hydrogen) atoms. The molecule has 162 valence electrons. The number of aromatic nitrogens is 2. The van der Waals surface area contributed by atoms with Gasteiger partial charge in [0.1, 0.15) is 11.4 Å². The number of fused-ring (bicyclic) bond motifs is 1. The first kappa shape index (κ1) is 20.9. The predicted molar refractivity (Wildman–Crippen MR) is 105 cm³/mol. The Morgan fingerprint density at radius 3 is 2.39 bits per heavy atom. The molecule has 0 aliphatic carbocycles. The van der Waals surface area contributed by atoms with Crippen LogP contribution in [0, 0.1) is 0 Å². The topological polar surface area (TPSA) is 67.2 Å². The average Bonchev–Trinajstić information content (AvgIpc) is 3.22. The molecule has 0 unspecified atom stereocenters. The molecule has 0 N–H and O–H groups in total. The van der Waals surface area contributed by atoms with Crippen LogP contribution in [0.15, 0.2) is 55.0 Å². The van der Waals surface area contributed by atoms with Crippen LogP contribution in [0.2, 0.25) is 0 Å². The van der Waals surface area contributed by atoms with E-state index in [1.807, 2.05) is 11.1 Å². The van der Waals surface area contributed by atoms with Crippen LogP contribution >= 0.6 is 0 Å². The number of imidazole rings is 1. The molecule has 1 aliphatic rings. The van der Waals surface area contributed by atoms with E-state index < -0.39 is 6.36 Å². The number of Topliss-reactive ketones (excluding diaryl/α,β-unsaturated/α-hetero) is 1. The number of halogens is 3. The second-order valence-corrected chi connectivity index (χ2v) is 7.14. The van der Waals surface area contributed by atoms with E-state index in [9.17, 15) is 22.8 Å². The number of ether oxygens (including phenoxy) is 1. The van der Waals surface area contributed by atoms with Crippen molar-refractivity contribution in [1.29, 1.82) is 0 Å². The molecule has 1 aliphatic heterocycles. The van der Waals surface area contributed by atoms with E-state index in [1.165, 1.54) is 12.1 Å². The molecule has 0 bridgehead atoms. The van der Waals surface area contributed by atoms with Gasteiger partial charge in [0.05, 0.1) is 12.1 Å². The number of piperazine rings is 1. The van der Waals surface area contributed by atoms with E-state index in [-0.39, 0.29) is 24.0 Å². The fourth-order valence-corrected chi connectivity index (χ4v) is 3.53. The summed E-state index contributed by atoms with van der Waals surface area (Å²) >= 11 is 0. The van der Waals surface area contributed by atoms with Gasteiger partial charge in [-0.3, -0.25) is 14.5 Å². The number of ketones is 1. The monoisotopic (exact) mass is 432 g/mol. The highest BCUT2D eigenvalue weighted by Gasteiger charge is 2.31. The van der Waals surface area contributed by atoms with Crippen molar-refractivity contribution in [3.63, 3.8) is 0 Å². The van der Waals surface area contributed by atoms with Gasteiger partial charge in [0, 0.05) is 50.3 Å². The van der Waals surface area contributed by atoms with Crippen molar-refractivity contribution < 1.29 is 27.5 Å². The van der Waals surface area contributed by atoms with Crippen molar-refractivity contribution in [1.82, 2.24) is 19.2 Å². The maximum absolute atomic E-state index is 12.9. The predicted octanol–water partition coefficient (Wildman–Crippen LogP) is 2.87. The maximum Gasteiger partial charge on any atom is 0.573 e. The fraction of sp³-hybridized carbons (Fsp3) is 0.286. The minimum atomic E-state index is -4.77. The Morgan fingerprint density at radius 1 is 1.00 bits per heavy atom. The SMILES string of the molecule is O=C(CN1CCN(C(=O)c2cccn3ccnc23)CC1)c1ccc(OC(F)(F)F)cc1. The van der Waals surface area contributed by atoms with Gasteiger partial charge in [-0.25, -0.2) is 4.98 Å². The third-order valence-electron chi connectivity index (χ3n) is 5.09. The number of carbonyl (C=O) groups is 2. The van der Waals surface area contributed by atoms with Crippen LogP contribution in [0.3, 0.4) is 0 Å². The number of benzene rings is 1. The first-order valence-corrected chi connectivity index (χ1v) is 9.62. The Hall–Kier alpha value is -3.40. The lowest BCUT2D eigenvalue weighted by Gasteiger charge is -2.34. The van der Waals surface area contributed by atoms with E-state index in [1.54, 1.807) is 33.8 Å². The standard InChI is InChI=1S/C21H19F3N4O3/c22-21(23,24)31-16-5-3-15(4-6-16)18(29)14-26-10-12-28(13-11-26)20(30)17-2-1-8-27-9-7-25-19(17)27/h1-9H,10-14H2. The van der Waals surface area contributed by atoms with E-state index in [0.717, 1.165) is 12.1 Å². The average molecular weight is 432 g/mol. The Kier molecular flexibility index (Phi) is 5.64. The molecule has 2 aromatic heterocycles. The lowest BCUT2D eigenvalue weighted by Crippen LogP contribution is -2.50. The Balaban J connectivity index is 1.32. The van der Waals surface area contributed by atoms with E-state index in [0.29, 0.717) is 43.0 Å². The summed E-state index contributed by atoms with van der Waals surface area (Å²) in [4.78, 5) is 33.2. The van der Waals surface area contributed by atoms with Gasteiger partial charge in [0.15, 0.2) is 5.78 Å². The van der Waals surface area contributed by atoms with Gasteiger partial charge in [0.25, 0.3) is 5.91 Å². The summed E-state index contributed by atoms with van der Waals surface area (Å²) in [6.45, 7) is 2.09. The van der Waals surface area contributed by atoms with Crippen molar-refractivity contribution in [3.8, 4) is 5.75 Å². The zero-order valence-corrected chi connectivity index (χ0v) is 16.4. The second kappa shape index (κ2) is 8.38. The van der Waals surface area contributed by atoms with Gasteiger partial charge in [-0.2, -0.15) is 0 Å². The van der Waals surface area contributed by atoms with Crippen molar-refractivity contribution >= 4 is 17.3 Å². The summed E-state index contributed by atoms with van der Waals surface area (Å²) in [6.07, 6.45) is 0.463. The van der Waals surface area contributed by atoms with Gasteiger partial charge in [-0.05, 0) is 36.4 Å². The number of rotatable bonds is 5. The molecule has 1 aromatic carbocycles. The summed E-state index contributed by atoms with van der Waals surface area (Å²) < 4.78 is 42.3. The first-order valence-electron chi connectivity index (χ1n) is 9.62. The van der Waals surface area contributed by atoms with Crippen molar-refractivity contribution in [2.24, 2.45) is 0 Å². The largest absolute Gasteiger partial charge is 0.573 e. The third-order valence-corrected chi connectivity index (χ3v) is 5.09. The number of hydrogen-bond donors (Lipinski definition) is 0. The lowest BCUT2D eigenvalue weighted by molar-refractivity contribution is -0.274. The number of amides is 1. The Labute approximate surface area is 175 Å². The zero-order valence-electron chi connectivity index (χ0n) is 16.4. The van der Waals surface area contributed by atoms with Crippen LogP contribution in [0.25, 0.3) is 5.65 Å². The number of hydrogen-bond acceptors (Lipinski definition) is 5. The van der Waals surface area contributed by atoms with Crippen molar-refractivity contribution in [2.75, 3.05) is 32.7 Å². The van der Waals surface area contributed by atoms with Crippen LogP contribution in [-0.4, -0.2) is 70.0 Å². The summed E-state index contributed by atoms with van der Waals surface area (Å²) in [5.74, 6) is -0.688.